The maximum Gasteiger partial charge on any atom is 0.472 e. The molecule has 0 aromatic rings. The predicted molar refractivity (Wildman–Crippen MR) is 418 cm³/mol. The summed E-state index contributed by atoms with van der Waals surface area (Å²) in [5, 5.41) is 10.6. The van der Waals surface area contributed by atoms with Gasteiger partial charge in [-0.05, 0) is 122 Å². The Balaban J connectivity index is 5.35. The Morgan fingerprint density at radius 2 is 0.510 bits per heavy atom. The van der Waals surface area contributed by atoms with E-state index in [-0.39, 0.29) is 25.7 Å². The van der Waals surface area contributed by atoms with Crippen LogP contribution in [-0.2, 0) is 65.4 Å². The summed E-state index contributed by atoms with van der Waals surface area (Å²) in [5.74, 6) is -2.19. The molecular weight excluding hydrogens is 1330 g/mol. The van der Waals surface area contributed by atoms with Crippen LogP contribution in [0.4, 0.5) is 0 Å². The second kappa shape index (κ2) is 75.5. The van der Waals surface area contributed by atoms with Crippen LogP contribution in [0.1, 0.15) is 362 Å². The van der Waals surface area contributed by atoms with Crippen molar-refractivity contribution in [1.29, 1.82) is 0 Å². The number of aliphatic hydroxyl groups is 1. The van der Waals surface area contributed by atoms with E-state index in [4.69, 9.17) is 37.0 Å². The SMILES string of the molecule is CC/C=C\C/C=C\C/C=C\C/C=C\C/C=C\CCCCCC(=O)OC[C@H](COP(=O)(O)OC[C@@H](O)COP(=O)(O)OC[C@@H](COC(=O)CCCCCCCCC/C=C\CCCCCC)OC(=O)CCCCCCCCC/C=C\CCCCCC)OC(=O)CCCCCCCCCCCCCCC. The Labute approximate surface area is 621 Å². The van der Waals surface area contributed by atoms with Crippen molar-refractivity contribution < 1.29 is 80.2 Å². The van der Waals surface area contributed by atoms with Gasteiger partial charge in [-0.25, -0.2) is 9.13 Å². The highest BCUT2D eigenvalue weighted by molar-refractivity contribution is 7.47. The van der Waals surface area contributed by atoms with Gasteiger partial charge in [-0.15, -0.1) is 0 Å². The fourth-order valence-corrected chi connectivity index (χ4v) is 12.7. The summed E-state index contributed by atoms with van der Waals surface area (Å²) in [7, 11) is -9.96. The minimum Gasteiger partial charge on any atom is -0.462 e. The van der Waals surface area contributed by atoms with Crippen LogP contribution in [0.2, 0.25) is 0 Å². The first-order valence-corrected chi connectivity index (χ1v) is 43.8. The van der Waals surface area contributed by atoms with Gasteiger partial charge in [0.15, 0.2) is 12.2 Å². The summed E-state index contributed by atoms with van der Waals surface area (Å²) in [5.41, 5.74) is 0. The van der Waals surface area contributed by atoms with Gasteiger partial charge in [0.05, 0.1) is 26.4 Å². The van der Waals surface area contributed by atoms with Crippen LogP contribution in [0.15, 0.2) is 85.1 Å². The standard InChI is InChI=1S/C83H148O17P2/c1-5-9-13-17-21-25-29-33-36-37-38-39-42-45-48-52-56-60-64-68-81(86)94-73-78(99-82(87)69-65-61-57-53-49-43-32-28-24-20-16-12-8-4)75-97-101(89,90)95-71-77(84)72-96-102(91,92)98-76-79(100-83(88)70-66-62-58-54-50-46-41-35-31-27-23-19-15-11-7-3)74-93-80(85)67-63-59-55-51-47-44-40-34-30-26-22-18-14-10-6-2/h9,13,21,25-27,30-31,33,36,38-39,45,48,77-79,84H,5-8,10-12,14-20,22-24,28-29,32,34-35,37,40-44,46-47,49-76H2,1-4H3,(H,89,90)(H,91,92)/b13-9-,25-21-,30-26-,31-27-,36-33-,39-38-,48-45-/t77-,78-,79-/m1/s1. The molecule has 0 aliphatic rings. The van der Waals surface area contributed by atoms with E-state index in [2.05, 4.69) is 113 Å². The fraction of sp³-hybridized carbons (Fsp3) is 0.783. The van der Waals surface area contributed by atoms with Crippen molar-refractivity contribution in [3.8, 4) is 0 Å². The number of unbranched alkanes of at least 4 members (excludes halogenated alkanes) is 37. The first-order valence-electron chi connectivity index (χ1n) is 40.8. The van der Waals surface area contributed by atoms with Gasteiger partial charge in [0.2, 0.25) is 0 Å². The maximum atomic E-state index is 13.1. The van der Waals surface area contributed by atoms with Gasteiger partial charge in [-0.2, -0.15) is 0 Å². The zero-order valence-electron chi connectivity index (χ0n) is 64.8. The number of rotatable bonds is 77. The van der Waals surface area contributed by atoms with E-state index in [1.54, 1.807) is 0 Å². The van der Waals surface area contributed by atoms with E-state index in [1.807, 2.05) is 0 Å². The van der Waals surface area contributed by atoms with Gasteiger partial charge in [0, 0.05) is 25.7 Å². The smallest absolute Gasteiger partial charge is 0.462 e. The maximum absolute atomic E-state index is 13.1. The number of allylic oxidation sites excluding steroid dienone is 14. The molecule has 0 spiro atoms. The molecule has 0 saturated carbocycles. The molecule has 0 fully saturated rings. The number of aliphatic hydroxyl groups excluding tert-OH is 1. The van der Waals surface area contributed by atoms with Crippen molar-refractivity contribution in [3.63, 3.8) is 0 Å². The molecular formula is C83H148O17P2. The highest BCUT2D eigenvalue weighted by Crippen LogP contribution is 2.45. The predicted octanol–water partition coefficient (Wildman–Crippen LogP) is 23.8. The Kier molecular flexibility index (Phi) is 72.7. The molecule has 5 atom stereocenters. The summed E-state index contributed by atoms with van der Waals surface area (Å²) in [6, 6.07) is 0. The van der Waals surface area contributed by atoms with Gasteiger partial charge in [-0.3, -0.25) is 37.3 Å². The van der Waals surface area contributed by atoms with Crippen molar-refractivity contribution in [2.75, 3.05) is 39.6 Å². The van der Waals surface area contributed by atoms with E-state index >= 15 is 0 Å². The fourth-order valence-electron chi connectivity index (χ4n) is 11.1. The second-order valence-electron chi connectivity index (χ2n) is 27.3. The zero-order chi connectivity index (χ0) is 74.6. The molecule has 0 rings (SSSR count). The van der Waals surface area contributed by atoms with E-state index in [9.17, 15) is 43.2 Å². The van der Waals surface area contributed by atoms with Gasteiger partial charge < -0.3 is 33.8 Å². The van der Waals surface area contributed by atoms with Gasteiger partial charge in [0.1, 0.15) is 19.3 Å². The Bertz CT molecular complexity index is 2260. The Hall–Kier alpha value is -3.76. The first-order chi connectivity index (χ1) is 49.7. The molecule has 0 aliphatic carbocycles. The molecule has 0 aliphatic heterocycles. The van der Waals surface area contributed by atoms with Crippen molar-refractivity contribution >= 4 is 39.5 Å². The summed E-state index contributed by atoms with van der Waals surface area (Å²) in [4.78, 5) is 73.0. The number of carbonyl (C=O) groups excluding carboxylic acids is 4. The third-order valence-electron chi connectivity index (χ3n) is 17.3. The van der Waals surface area contributed by atoms with E-state index in [0.717, 1.165) is 167 Å². The Morgan fingerprint density at radius 1 is 0.284 bits per heavy atom. The van der Waals surface area contributed by atoms with Crippen LogP contribution in [0, 0.1) is 0 Å². The quantitative estimate of drug-likeness (QED) is 0.0169. The lowest BCUT2D eigenvalue weighted by Gasteiger charge is -2.21. The normalized spacial score (nSPS) is 14.3. The lowest BCUT2D eigenvalue weighted by molar-refractivity contribution is -0.161. The molecule has 3 N–H and O–H groups in total. The number of hydrogen-bond donors (Lipinski definition) is 3. The van der Waals surface area contributed by atoms with Crippen LogP contribution >= 0.6 is 15.6 Å². The third kappa shape index (κ3) is 74.5. The molecule has 19 heteroatoms. The number of esters is 4. The van der Waals surface area contributed by atoms with E-state index in [1.165, 1.54) is 116 Å². The summed E-state index contributed by atoms with van der Waals surface area (Å²) >= 11 is 0. The topological polar surface area (TPSA) is 237 Å². The average molecular weight is 1480 g/mol. The van der Waals surface area contributed by atoms with Crippen LogP contribution in [0.25, 0.3) is 0 Å². The number of carbonyl (C=O) groups is 4. The monoisotopic (exact) mass is 1480 g/mol. The second-order valence-corrected chi connectivity index (χ2v) is 30.2. The minimum absolute atomic E-state index is 0.0913. The highest BCUT2D eigenvalue weighted by Gasteiger charge is 2.30. The molecule has 0 heterocycles. The third-order valence-corrected chi connectivity index (χ3v) is 19.2. The molecule has 0 aromatic carbocycles. The number of ether oxygens (including phenoxy) is 4. The van der Waals surface area contributed by atoms with E-state index < -0.39 is 97.5 Å². The molecule has 592 valence electrons. The lowest BCUT2D eigenvalue weighted by atomic mass is 10.0. The summed E-state index contributed by atoms with van der Waals surface area (Å²) < 4.78 is 68.6. The van der Waals surface area contributed by atoms with E-state index in [0.29, 0.717) is 25.7 Å². The number of hydrogen-bond acceptors (Lipinski definition) is 15. The minimum atomic E-state index is -4.98. The van der Waals surface area contributed by atoms with Gasteiger partial charge in [0.25, 0.3) is 0 Å². The van der Waals surface area contributed by atoms with Crippen LogP contribution in [0.5, 0.6) is 0 Å². The number of phosphoric ester groups is 2. The van der Waals surface area contributed by atoms with Crippen LogP contribution in [0.3, 0.4) is 0 Å². The largest absolute Gasteiger partial charge is 0.472 e. The van der Waals surface area contributed by atoms with Gasteiger partial charge in [-0.1, -0.05) is 299 Å². The van der Waals surface area contributed by atoms with Gasteiger partial charge >= 0.3 is 39.5 Å². The molecule has 17 nitrogen and oxygen atoms in total. The molecule has 0 aromatic heterocycles. The first kappa shape index (κ1) is 98.2. The molecule has 0 amide bonds. The van der Waals surface area contributed by atoms with Crippen molar-refractivity contribution in [2.45, 2.75) is 380 Å². The molecule has 0 saturated heterocycles. The molecule has 0 radical (unpaired) electrons. The molecule has 0 bridgehead atoms. The van der Waals surface area contributed by atoms with Crippen molar-refractivity contribution in [2.24, 2.45) is 0 Å². The summed E-state index contributed by atoms with van der Waals surface area (Å²) in [6.45, 7) is 4.75. The molecule has 2 unspecified atom stereocenters. The zero-order valence-corrected chi connectivity index (χ0v) is 66.6. The molecule has 102 heavy (non-hydrogen) atoms. The van der Waals surface area contributed by atoms with Crippen LogP contribution < -0.4 is 0 Å². The average Bonchev–Trinajstić information content (AvgIpc) is 0.908. The lowest BCUT2D eigenvalue weighted by Crippen LogP contribution is -2.30. The van der Waals surface area contributed by atoms with Crippen molar-refractivity contribution in [3.05, 3.63) is 85.1 Å². The Morgan fingerprint density at radius 3 is 0.814 bits per heavy atom. The number of phosphoric acid groups is 2. The summed E-state index contributed by atoms with van der Waals surface area (Å²) in [6.07, 6.45) is 78.4. The van der Waals surface area contributed by atoms with Crippen molar-refractivity contribution in [1.82, 2.24) is 0 Å². The van der Waals surface area contributed by atoms with Crippen LogP contribution in [-0.4, -0.2) is 96.7 Å². The highest BCUT2D eigenvalue weighted by atomic mass is 31.2.